The topological polar surface area (TPSA) is 109 Å². The zero-order valence-electron chi connectivity index (χ0n) is 21.1. The van der Waals surface area contributed by atoms with E-state index in [1.807, 2.05) is 66.2 Å². The maximum absolute atomic E-state index is 13.0. The average molecular weight is 491 g/mol. The number of hydrogen-bond donors (Lipinski definition) is 2. The predicted octanol–water partition coefficient (Wildman–Crippen LogP) is 3.54. The third-order valence-electron chi connectivity index (χ3n) is 6.20. The standard InChI is InChI=1S/C27H34N6O3/c1-4-36-23-11-12-24-21(16-23)15-22(27(35)28-24)18-32(13-8-14-34)25(19(2)3)26-29-30-31-33(26)17-20-9-6-5-7-10-20/h5-7,9-12,15-16,19,25,34H,4,8,13-14,17-18H2,1-3H3,(H,28,35)/t25-/m0/s1. The molecule has 190 valence electrons. The molecule has 9 heteroatoms. The molecular weight excluding hydrogens is 456 g/mol. The number of hydrogen-bond acceptors (Lipinski definition) is 7. The molecule has 0 saturated heterocycles. The van der Waals surface area contributed by atoms with Crippen molar-refractivity contribution in [2.45, 2.75) is 46.3 Å². The van der Waals surface area contributed by atoms with Crippen LogP contribution in [0.3, 0.4) is 0 Å². The summed E-state index contributed by atoms with van der Waals surface area (Å²) in [5.41, 5.74) is 2.38. The number of ether oxygens (including phenoxy) is 1. The Morgan fingerprint density at radius 3 is 2.67 bits per heavy atom. The number of aliphatic hydroxyl groups is 1. The number of nitrogens with one attached hydrogen (secondary N) is 1. The van der Waals surface area contributed by atoms with E-state index in [0.29, 0.717) is 38.2 Å². The lowest BCUT2D eigenvalue weighted by Crippen LogP contribution is -2.36. The lowest BCUT2D eigenvalue weighted by molar-refractivity contribution is 0.122. The van der Waals surface area contributed by atoms with Gasteiger partial charge >= 0.3 is 0 Å². The molecule has 9 nitrogen and oxygen atoms in total. The summed E-state index contributed by atoms with van der Waals surface area (Å²) in [6, 6.07) is 17.5. The number of benzene rings is 2. The van der Waals surface area contributed by atoms with Gasteiger partial charge in [0.25, 0.3) is 5.56 Å². The van der Waals surface area contributed by atoms with Crippen molar-refractivity contribution in [1.29, 1.82) is 0 Å². The SMILES string of the molecule is CCOc1ccc2[nH]c(=O)c(CN(CCCO)[C@H](c3nnnn3Cc3ccccc3)C(C)C)cc2c1. The van der Waals surface area contributed by atoms with Crippen molar-refractivity contribution in [3.63, 3.8) is 0 Å². The minimum Gasteiger partial charge on any atom is -0.494 e. The second kappa shape index (κ2) is 11.9. The van der Waals surface area contributed by atoms with E-state index >= 15 is 0 Å². The summed E-state index contributed by atoms with van der Waals surface area (Å²) in [5.74, 6) is 1.66. The first-order valence-corrected chi connectivity index (χ1v) is 12.4. The van der Waals surface area contributed by atoms with E-state index in [-0.39, 0.29) is 24.1 Å². The lowest BCUT2D eigenvalue weighted by atomic mass is 10.00. The van der Waals surface area contributed by atoms with Crippen LogP contribution in [0.2, 0.25) is 0 Å². The minimum absolute atomic E-state index is 0.0576. The van der Waals surface area contributed by atoms with Crippen molar-refractivity contribution in [1.82, 2.24) is 30.1 Å². The number of rotatable bonds is 12. The summed E-state index contributed by atoms with van der Waals surface area (Å²) in [6.07, 6.45) is 0.573. The highest BCUT2D eigenvalue weighted by atomic mass is 16.5. The normalized spacial score (nSPS) is 12.5. The Morgan fingerprint density at radius 2 is 1.94 bits per heavy atom. The number of nitrogens with zero attached hydrogens (tertiary/aromatic N) is 5. The van der Waals surface area contributed by atoms with E-state index in [0.717, 1.165) is 28.0 Å². The number of aliphatic hydroxyl groups excluding tert-OH is 1. The molecule has 0 amide bonds. The van der Waals surface area contributed by atoms with Crippen LogP contribution in [-0.4, -0.2) is 55.0 Å². The molecule has 0 spiro atoms. The average Bonchev–Trinajstić information content (AvgIpc) is 3.31. The zero-order valence-corrected chi connectivity index (χ0v) is 21.1. The van der Waals surface area contributed by atoms with E-state index < -0.39 is 0 Å². The van der Waals surface area contributed by atoms with E-state index in [1.54, 1.807) is 0 Å². The summed E-state index contributed by atoms with van der Waals surface area (Å²) in [7, 11) is 0. The van der Waals surface area contributed by atoms with Gasteiger partial charge in [0.05, 0.1) is 19.2 Å². The molecule has 2 aromatic carbocycles. The Bertz CT molecular complexity index is 1320. The molecule has 0 unspecified atom stereocenters. The van der Waals surface area contributed by atoms with Crippen molar-refractivity contribution >= 4 is 10.9 Å². The van der Waals surface area contributed by atoms with Crippen LogP contribution in [0.25, 0.3) is 10.9 Å². The van der Waals surface area contributed by atoms with Gasteiger partial charge in [0.2, 0.25) is 0 Å². The molecule has 2 heterocycles. The molecule has 0 saturated carbocycles. The Labute approximate surface area is 210 Å². The molecule has 0 aliphatic heterocycles. The molecule has 4 rings (SSSR count). The molecule has 0 aliphatic carbocycles. The zero-order chi connectivity index (χ0) is 25.5. The van der Waals surface area contributed by atoms with E-state index in [2.05, 4.69) is 39.3 Å². The molecule has 2 N–H and O–H groups in total. The van der Waals surface area contributed by atoms with Gasteiger partial charge in [-0.1, -0.05) is 44.2 Å². The first-order valence-electron chi connectivity index (χ1n) is 12.4. The van der Waals surface area contributed by atoms with E-state index in [4.69, 9.17) is 4.74 Å². The molecule has 0 bridgehead atoms. The van der Waals surface area contributed by atoms with Gasteiger partial charge in [-0.25, -0.2) is 4.68 Å². The largest absolute Gasteiger partial charge is 0.494 e. The summed E-state index contributed by atoms with van der Waals surface area (Å²) in [6.45, 7) is 8.36. The molecule has 2 aromatic heterocycles. The quantitative estimate of drug-likeness (QED) is 0.313. The molecule has 0 aliphatic rings. The number of H-pyrrole nitrogens is 1. The Balaban J connectivity index is 1.69. The maximum Gasteiger partial charge on any atom is 0.252 e. The lowest BCUT2D eigenvalue weighted by Gasteiger charge is -2.33. The third kappa shape index (κ3) is 5.98. The van der Waals surface area contributed by atoms with Gasteiger partial charge in [-0.15, -0.1) is 5.10 Å². The second-order valence-electron chi connectivity index (χ2n) is 9.22. The Hall–Kier alpha value is -3.56. The number of aromatic nitrogens is 5. The monoisotopic (exact) mass is 490 g/mol. The number of aromatic amines is 1. The first kappa shape index (κ1) is 25.5. The molecule has 36 heavy (non-hydrogen) atoms. The summed E-state index contributed by atoms with van der Waals surface area (Å²) in [4.78, 5) is 18.2. The highest BCUT2D eigenvalue weighted by Crippen LogP contribution is 2.29. The highest BCUT2D eigenvalue weighted by Gasteiger charge is 2.29. The van der Waals surface area contributed by atoms with Crippen LogP contribution in [0.15, 0.2) is 59.4 Å². The van der Waals surface area contributed by atoms with Gasteiger partial charge in [0, 0.05) is 36.2 Å². The fourth-order valence-electron chi connectivity index (χ4n) is 4.59. The van der Waals surface area contributed by atoms with Crippen LogP contribution in [0.1, 0.15) is 50.2 Å². The predicted molar refractivity (Wildman–Crippen MR) is 139 cm³/mol. The van der Waals surface area contributed by atoms with Crippen LogP contribution in [0.4, 0.5) is 0 Å². The molecule has 4 aromatic rings. The van der Waals surface area contributed by atoms with Gasteiger partial charge in [-0.05, 0) is 59.5 Å². The fourth-order valence-corrected chi connectivity index (χ4v) is 4.59. The molecular formula is C27H34N6O3. The number of tetrazole rings is 1. The fraction of sp³-hybridized carbons (Fsp3) is 0.407. The number of fused-ring (bicyclic) bond motifs is 1. The van der Waals surface area contributed by atoms with E-state index in [1.165, 1.54) is 0 Å². The van der Waals surface area contributed by atoms with Crippen molar-refractivity contribution in [2.24, 2.45) is 5.92 Å². The van der Waals surface area contributed by atoms with Crippen LogP contribution >= 0.6 is 0 Å². The van der Waals surface area contributed by atoms with Crippen molar-refractivity contribution in [3.05, 3.63) is 81.9 Å². The number of pyridine rings is 1. The van der Waals surface area contributed by atoms with Crippen LogP contribution in [-0.2, 0) is 13.1 Å². The summed E-state index contributed by atoms with van der Waals surface area (Å²) in [5, 5.41) is 23.2. The van der Waals surface area contributed by atoms with Crippen molar-refractivity contribution in [2.75, 3.05) is 19.8 Å². The third-order valence-corrected chi connectivity index (χ3v) is 6.20. The van der Waals surface area contributed by atoms with Crippen molar-refractivity contribution in [3.8, 4) is 5.75 Å². The molecule has 0 fully saturated rings. The second-order valence-corrected chi connectivity index (χ2v) is 9.22. The van der Waals surface area contributed by atoms with Gasteiger partial charge in [0.15, 0.2) is 5.82 Å². The highest BCUT2D eigenvalue weighted by molar-refractivity contribution is 5.80. The molecule has 1 atom stereocenters. The summed E-state index contributed by atoms with van der Waals surface area (Å²) >= 11 is 0. The summed E-state index contributed by atoms with van der Waals surface area (Å²) < 4.78 is 7.47. The van der Waals surface area contributed by atoms with Gasteiger partial charge in [-0.2, -0.15) is 0 Å². The first-order chi connectivity index (χ1) is 17.5. The Kier molecular flexibility index (Phi) is 8.45. The molecule has 0 radical (unpaired) electrons. The van der Waals surface area contributed by atoms with Crippen LogP contribution in [0.5, 0.6) is 5.75 Å². The maximum atomic E-state index is 13.0. The van der Waals surface area contributed by atoms with Gasteiger partial charge in [-0.3, -0.25) is 9.69 Å². The van der Waals surface area contributed by atoms with Gasteiger partial charge in [0.1, 0.15) is 5.75 Å². The Morgan fingerprint density at radius 1 is 1.14 bits per heavy atom. The van der Waals surface area contributed by atoms with Crippen LogP contribution < -0.4 is 10.3 Å². The van der Waals surface area contributed by atoms with Crippen LogP contribution in [0, 0.1) is 5.92 Å². The smallest absolute Gasteiger partial charge is 0.252 e. The van der Waals surface area contributed by atoms with E-state index in [9.17, 15) is 9.90 Å². The minimum atomic E-state index is -0.153. The van der Waals surface area contributed by atoms with Crippen molar-refractivity contribution < 1.29 is 9.84 Å². The van der Waals surface area contributed by atoms with Gasteiger partial charge < -0.3 is 14.8 Å².